The lowest BCUT2D eigenvalue weighted by Gasteiger charge is -2.04. The number of aromatic carboxylic acids is 1. The Balaban J connectivity index is 2.51. The van der Waals surface area contributed by atoms with Gasteiger partial charge >= 0.3 is 5.97 Å². The fourth-order valence-corrected chi connectivity index (χ4v) is 2.13. The van der Waals surface area contributed by atoms with E-state index in [4.69, 9.17) is 5.11 Å². The Morgan fingerprint density at radius 2 is 2.16 bits per heavy atom. The number of nitro benzene ring substituents is 1. The van der Waals surface area contributed by atoms with Crippen LogP contribution in [0.4, 0.5) is 5.69 Å². The first-order valence-electron chi connectivity index (χ1n) is 5.14. The molecule has 1 aromatic carbocycles. The van der Waals surface area contributed by atoms with E-state index < -0.39 is 10.9 Å². The van der Waals surface area contributed by atoms with Crippen molar-refractivity contribution in [3.8, 4) is 5.69 Å². The Kier molecular flexibility index (Phi) is 3.34. The van der Waals surface area contributed by atoms with Gasteiger partial charge in [0.2, 0.25) is 0 Å². The van der Waals surface area contributed by atoms with Crippen LogP contribution in [0.1, 0.15) is 16.2 Å². The molecule has 7 nitrogen and oxygen atoms in total. The molecule has 0 aliphatic carbocycles. The molecule has 8 heteroatoms. The molecule has 0 aliphatic rings. The first kappa shape index (κ1) is 13.2. The van der Waals surface area contributed by atoms with E-state index in [0.717, 1.165) is 0 Å². The number of nitrogens with zero attached hydrogens (tertiary/aromatic N) is 3. The average Bonchev–Trinajstić information content (AvgIpc) is 2.71. The van der Waals surface area contributed by atoms with Gasteiger partial charge < -0.3 is 5.11 Å². The molecule has 0 atom stereocenters. The molecule has 0 saturated carbocycles. The Morgan fingerprint density at radius 3 is 2.63 bits per heavy atom. The lowest BCUT2D eigenvalue weighted by Crippen LogP contribution is -2.02. The largest absolute Gasteiger partial charge is 0.476 e. The second-order valence-corrected chi connectivity index (χ2v) is 4.64. The van der Waals surface area contributed by atoms with Gasteiger partial charge in [-0.3, -0.25) is 10.1 Å². The van der Waals surface area contributed by atoms with Crippen LogP contribution in [-0.4, -0.2) is 25.8 Å². The number of nitro groups is 1. The number of carboxylic acid groups (broad SMARTS) is 1. The normalized spacial score (nSPS) is 10.4. The maximum atomic E-state index is 10.8. The van der Waals surface area contributed by atoms with E-state index in [1.807, 2.05) is 0 Å². The number of aromatic nitrogens is 2. The van der Waals surface area contributed by atoms with Crippen LogP contribution in [0.25, 0.3) is 5.69 Å². The summed E-state index contributed by atoms with van der Waals surface area (Å²) in [7, 11) is 0. The molecule has 0 radical (unpaired) electrons. The summed E-state index contributed by atoms with van der Waals surface area (Å²) in [4.78, 5) is 21.0. The third-order valence-corrected chi connectivity index (χ3v) is 3.11. The smallest absolute Gasteiger partial charge is 0.356 e. The Bertz CT molecular complexity index is 681. The Hall–Kier alpha value is -2.22. The average molecular weight is 326 g/mol. The number of carboxylic acids is 1. The lowest BCUT2D eigenvalue weighted by atomic mass is 10.3. The predicted octanol–water partition coefficient (Wildman–Crippen LogP) is 2.55. The minimum atomic E-state index is -1.12. The van der Waals surface area contributed by atoms with Gasteiger partial charge in [0.25, 0.3) is 5.69 Å². The van der Waals surface area contributed by atoms with Gasteiger partial charge in [-0.1, -0.05) is 0 Å². The van der Waals surface area contributed by atoms with Crippen molar-refractivity contribution in [2.75, 3.05) is 0 Å². The molecule has 0 aliphatic heterocycles. The Morgan fingerprint density at radius 1 is 1.47 bits per heavy atom. The SMILES string of the molecule is Cc1cc(C(=O)O)nn1-c1ccc([N+](=O)[O-])c(Br)c1. The standard InChI is InChI=1S/C11H8BrN3O4/c1-6-4-9(11(16)17)13-14(6)7-2-3-10(15(18)19)8(12)5-7/h2-5H,1H3,(H,16,17). The number of aryl methyl sites for hydroxylation is 1. The summed E-state index contributed by atoms with van der Waals surface area (Å²) in [5, 5.41) is 23.5. The molecule has 0 amide bonds. The van der Waals surface area contributed by atoms with Crippen LogP contribution in [0.3, 0.4) is 0 Å². The van der Waals surface area contributed by atoms with Crippen molar-refractivity contribution < 1.29 is 14.8 Å². The summed E-state index contributed by atoms with van der Waals surface area (Å²) in [6.07, 6.45) is 0. The minimum absolute atomic E-state index is 0.0629. The van der Waals surface area contributed by atoms with Gasteiger partial charge in [-0.15, -0.1) is 0 Å². The summed E-state index contributed by atoms with van der Waals surface area (Å²) in [6, 6.07) is 5.79. The zero-order valence-corrected chi connectivity index (χ0v) is 11.3. The van der Waals surface area contributed by atoms with Crippen molar-refractivity contribution in [2.45, 2.75) is 6.92 Å². The van der Waals surface area contributed by atoms with E-state index >= 15 is 0 Å². The molecule has 0 bridgehead atoms. The van der Waals surface area contributed by atoms with Crippen LogP contribution >= 0.6 is 15.9 Å². The fraction of sp³-hybridized carbons (Fsp3) is 0.0909. The van der Waals surface area contributed by atoms with Crippen LogP contribution in [0, 0.1) is 17.0 Å². The third-order valence-electron chi connectivity index (χ3n) is 2.48. The lowest BCUT2D eigenvalue weighted by molar-refractivity contribution is -0.385. The highest BCUT2D eigenvalue weighted by Crippen LogP contribution is 2.27. The van der Waals surface area contributed by atoms with E-state index in [-0.39, 0.29) is 11.4 Å². The summed E-state index contributed by atoms with van der Waals surface area (Å²) in [5.74, 6) is -1.12. The molecular weight excluding hydrogens is 318 g/mol. The van der Waals surface area contributed by atoms with Crippen molar-refractivity contribution >= 4 is 27.6 Å². The molecule has 19 heavy (non-hydrogen) atoms. The van der Waals surface area contributed by atoms with Crippen LogP contribution in [-0.2, 0) is 0 Å². The number of benzene rings is 1. The van der Waals surface area contributed by atoms with E-state index in [9.17, 15) is 14.9 Å². The van der Waals surface area contributed by atoms with Crippen molar-refractivity contribution in [2.24, 2.45) is 0 Å². The molecule has 0 saturated heterocycles. The van der Waals surface area contributed by atoms with Crippen LogP contribution in [0.15, 0.2) is 28.7 Å². The molecular formula is C11H8BrN3O4. The van der Waals surface area contributed by atoms with Crippen molar-refractivity contribution in [3.63, 3.8) is 0 Å². The van der Waals surface area contributed by atoms with E-state index in [1.165, 1.54) is 28.9 Å². The van der Waals surface area contributed by atoms with Crippen molar-refractivity contribution in [1.29, 1.82) is 0 Å². The second-order valence-electron chi connectivity index (χ2n) is 3.78. The number of rotatable bonds is 3. The number of hydrogen-bond acceptors (Lipinski definition) is 4. The predicted molar refractivity (Wildman–Crippen MR) is 69.6 cm³/mol. The van der Waals surface area contributed by atoms with Gasteiger partial charge in [0.15, 0.2) is 5.69 Å². The maximum Gasteiger partial charge on any atom is 0.356 e. The fourth-order valence-electron chi connectivity index (χ4n) is 1.62. The zero-order chi connectivity index (χ0) is 14.2. The molecule has 98 valence electrons. The van der Waals surface area contributed by atoms with Gasteiger partial charge in [-0.2, -0.15) is 5.10 Å². The first-order chi connectivity index (χ1) is 8.90. The molecule has 0 unspecified atom stereocenters. The minimum Gasteiger partial charge on any atom is -0.476 e. The van der Waals surface area contributed by atoms with Crippen LogP contribution in [0.2, 0.25) is 0 Å². The first-order valence-corrected chi connectivity index (χ1v) is 5.93. The topological polar surface area (TPSA) is 98.3 Å². The van der Waals surface area contributed by atoms with Crippen LogP contribution in [0.5, 0.6) is 0 Å². The van der Waals surface area contributed by atoms with Gasteiger partial charge in [0.1, 0.15) is 0 Å². The number of halogens is 1. The maximum absolute atomic E-state index is 10.8. The highest BCUT2D eigenvalue weighted by atomic mass is 79.9. The number of hydrogen-bond donors (Lipinski definition) is 1. The van der Waals surface area contributed by atoms with Gasteiger partial charge in [-0.25, -0.2) is 9.48 Å². The molecule has 1 aromatic heterocycles. The van der Waals surface area contributed by atoms with Crippen molar-refractivity contribution in [1.82, 2.24) is 9.78 Å². The third kappa shape index (κ3) is 2.48. The highest BCUT2D eigenvalue weighted by Gasteiger charge is 2.15. The van der Waals surface area contributed by atoms with Crippen LogP contribution < -0.4 is 0 Å². The van der Waals surface area contributed by atoms with Crippen molar-refractivity contribution in [3.05, 3.63) is 50.2 Å². The second kappa shape index (κ2) is 4.81. The van der Waals surface area contributed by atoms with E-state index in [2.05, 4.69) is 21.0 Å². The van der Waals surface area contributed by atoms with Gasteiger partial charge in [-0.05, 0) is 41.1 Å². The summed E-state index contributed by atoms with van der Waals surface area (Å²) in [5.41, 5.74) is 1.03. The molecule has 2 aromatic rings. The quantitative estimate of drug-likeness (QED) is 0.690. The monoisotopic (exact) mass is 325 g/mol. The summed E-state index contributed by atoms with van der Waals surface area (Å²) in [6.45, 7) is 1.70. The van der Waals surface area contributed by atoms with Gasteiger partial charge in [0.05, 0.1) is 15.1 Å². The van der Waals surface area contributed by atoms with E-state index in [1.54, 1.807) is 6.92 Å². The molecule has 0 spiro atoms. The molecule has 2 rings (SSSR count). The Labute approximate surface area is 115 Å². The number of carbonyl (C=O) groups is 1. The molecule has 0 fully saturated rings. The molecule has 1 heterocycles. The summed E-state index contributed by atoms with van der Waals surface area (Å²) >= 11 is 3.11. The summed E-state index contributed by atoms with van der Waals surface area (Å²) < 4.78 is 1.72. The zero-order valence-electron chi connectivity index (χ0n) is 9.70. The van der Waals surface area contributed by atoms with E-state index in [0.29, 0.717) is 15.9 Å². The van der Waals surface area contributed by atoms with Gasteiger partial charge in [0, 0.05) is 11.8 Å². The molecule has 1 N–H and O–H groups in total. The highest BCUT2D eigenvalue weighted by molar-refractivity contribution is 9.10.